The van der Waals surface area contributed by atoms with Crippen LogP contribution in [0.15, 0.2) is 71.2 Å². The fraction of sp³-hybridized carbons (Fsp3) is 0.167. The van der Waals surface area contributed by atoms with Crippen LogP contribution in [0, 0.1) is 20.8 Å². The molecule has 1 amide bonds. The topological polar surface area (TPSA) is 68.5 Å². The number of ether oxygens (including phenoxy) is 1. The van der Waals surface area contributed by atoms with E-state index in [1.165, 1.54) is 12.2 Å². The number of esters is 1. The Labute approximate surface area is 170 Å². The maximum absolute atomic E-state index is 13.0. The molecule has 3 aromatic rings. The molecule has 0 aliphatic heterocycles. The fourth-order valence-corrected chi connectivity index (χ4v) is 2.82. The summed E-state index contributed by atoms with van der Waals surface area (Å²) in [6.45, 7) is 5.68. The van der Waals surface area contributed by atoms with E-state index in [0.717, 1.165) is 16.9 Å². The van der Waals surface area contributed by atoms with Crippen LogP contribution >= 0.6 is 0 Å². The van der Waals surface area contributed by atoms with Gasteiger partial charge in [0.15, 0.2) is 0 Å². The lowest BCUT2D eigenvalue weighted by molar-refractivity contribution is -0.149. The summed E-state index contributed by atoms with van der Waals surface area (Å²) in [6.07, 6.45) is 1.69. The Morgan fingerprint density at radius 1 is 1.00 bits per heavy atom. The first-order valence-corrected chi connectivity index (χ1v) is 9.30. The molecule has 0 fully saturated rings. The van der Waals surface area contributed by atoms with E-state index in [2.05, 4.69) is 5.32 Å². The number of hydrogen-bond acceptors (Lipinski definition) is 4. The van der Waals surface area contributed by atoms with Crippen LogP contribution in [0.2, 0.25) is 0 Å². The molecule has 1 unspecified atom stereocenters. The SMILES string of the molecule is Cc1ccc(C)c(NC(=O)C(OC(=O)/C=C/c2ccc(C)o2)c2ccccc2)c1. The van der Waals surface area contributed by atoms with Gasteiger partial charge in [0, 0.05) is 17.3 Å². The number of furan rings is 1. The summed E-state index contributed by atoms with van der Waals surface area (Å²) in [5.41, 5.74) is 3.23. The van der Waals surface area contributed by atoms with Gasteiger partial charge in [-0.2, -0.15) is 0 Å². The smallest absolute Gasteiger partial charge is 0.332 e. The van der Waals surface area contributed by atoms with Gasteiger partial charge in [0.1, 0.15) is 11.5 Å². The van der Waals surface area contributed by atoms with Crippen LogP contribution in [-0.4, -0.2) is 11.9 Å². The van der Waals surface area contributed by atoms with Crippen molar-refractivity contribution in [1.29, 1.82) is 0 Å². The lowest BCUT2D eigenvalue weighted by Crippen LogP contribution is -2.25. The quantitative estimate of drug-likeness (QED) is 0.468. The molecule has 5 nitrogen and oxygen atoms in total. The fourth-order valence-electron chi connectivity index (χ4n) is 2.82. The van der Waals surface area contributed by atoms with E-state index in [-0.39, 0.29) is 0 Å². The van der Waals surface area contributed by atoms with E-state index in [1.54, 1.807) is 36.4 Å². The highest BCUT2D eigenvalue weighted by Crippen LogP contribution is 2.23. The Morgan fingerprint density at radius 3 is 2.45 bits per heavy atom. The number of rotatable bonds is 6. The monoisotopic (exact) mass is 389 g/mol. The predicted molar refractivity (Wildman–Crippen MR) is 112 cm³/mol. The zero-order valence-electron chi connectivity index (χ0n) is 16.6. The van der Waals surface area contributed by atoms with Crippen LogP contribution in [0.4, 0.5) is 5.69 Å². The summed E-state index contributed by atoms with van der Waals surface area (Å²) in [5, 5.41) is 2.87. The molecule has 0 aliphatic rings. The number of anilines is 1. The van der Waals surface area contributed by atoms with Gasteiger partial charge in [0.25, 0.3) is 5.91 Å². The summed E-state index contributed by atoms with van der Waals surface area (Å²) in [7, 11) is 0. The van der Waals surface area contributed by atoms with Gasteiger partial charge in [-0.1, -0.05) is 42.5 Å². The minimum absolute atomic E-state index is 0.416. The van der Waals surface area contributed by atoms with Crippen LogP contribution in [-0.2, 0) is 14.3 Å². The third kappa shape index (κ3) is 5.45. The molecule has 1 heterocycles. The minimum atomic E-state index is -1.08. The van der Waals surface area contributed by atoms with Gasteiger partial charge in [0.05, 0.1) is 0 Å². The zero-order valence-corrected chi connectivity index (χ0v) is 16.6. The largest absolute Gasteiger partial charge is 0.462 e. The van der Waals surface area contributed by atoms with Gasteiger partial charge in [-0.15, -0.1) is 0 Å². The number of amides is 1. The molecule has 5 heteroatoms. The van der Waals surface area contributed by atoms with E-state index in [1.807, 2.05) is 45.0 Å². The molecule has 1 atom stereocenters. The molecule has 2 aromatic carbocycles. The Kier molecular flexibility index (Phi) is 6.29. The number of aryl methyl sites for hydroxylation is 3. The highest BCUT2D eigenvalue weighted by Gasteiger charge is 2.24. The molecule has 0 spiro atoms. The Bertz CT molecular complexity index is 1030. The summed E-state index contributed by atoms with van der Waals surface area (Å²) in [6, 6.07) is 18.3. The highest BCUT2D eigenvalue weighted by atomic mass is 16.5. The van der Waals surface area contributed by atoms with Crippen LogP contribution in [0.25, 0.3) is 6.08 Å². The van der Waals surface area contributed by atoms with Crippen molar-refractivity contribution in [2.24, 2.45) is 0 Å². The second-order valence-corrected chi connectivity index (χ2v) is 6.82. The lowest BCUT2D eigenvalue weighted by Gasteiger charge is -2.18. The van der Waals surface area contributed by atoms with E-state index >= 15 is 0 Å². The second-order valence-electron chi connectivity index (χ2n) is 6.82. The molecule has 0 bridgehead atoms. The molecule has 3 rings (SSSR count). The average Bonchev–Trinajstić information content (AvgIpc) is 3.13. The Hall–Kier alpha value is -3.60. The van der Waals surface area contributed by atoms with Crippen molar-refractivity contribution < 1.29 is 18.7 Å². The maximum atomic E-state index is 13.0. The van der Waals surface area contributed by atoms with E-state index in [4.69, 9.17) is 9.15 Å². The van der Waals surface area contributed by atoms with Crippen LogP contribution in [0.3, 0.4) is 0 Å². The number of carbonyl (C=O) groups is 2. The van der Waals surface area contributed by atoms with Gasteiger partial charge in [-0.25, -0.2) is 4.79 Å². The van der Waals surface area contributed by atoms with Crippen molar-refractivity contribution in [3.05, 3.63) is 95.0 Å². The van der Waals surface area contributed by atoms with Gasteiger partial charge < -0.3 is 14.5 Å². The van der Waals surface area contributed by atoms with Crippen molar-refractivity contribution in [2.45, 2.75) is 26.9 Å². The summed E-state index contributed by atoms with van der Waals surface area (Å²) in [4.78, 5) is 25.3. The molecular weight excluding hydrogens is 366 g/mol. The molecule has 148 valence electrons. The van der Waals surface area contributed by atoms with Crippen molar-refractivity contribution >= 4 is 23.6 Å². The molecule has 0 aliphatic carbocycles. The number of carbonyl (C=O) groups excluding carboxylic acids is 2. The Balaban J connectivity index is 1.79. The molecule has 0 radical (unpaired) electrons. The number of nitrogens with one attached hydrogen (secondary N) is 1. The Morgan fingerprint density at radius 2 is 1.76 bits per heavy atom. The maximum Gasteiger partial charge on any atom is 0.332 e. The van der Waals surface area contributed by atoms with Crippen molar-refractivity contribution in [3.63, 3.8) is 0 Å². The summed E-state index contributed by atoms with van der Waals surface area (Å²) >= 11 is 0. The van der Waals surface area contributed by atoms with Gasteiger partial charge >= 0.3 is 5.97 Å². The van der Waals surface area contributed by atoms with Crippen LogP contribution in [0.1, 0.15) is 34.3 Å². The normalized spacial score (nSPS) is 12.0. The van der Waals surface area contributed by atoms with Gasteiger partial charge in [0.2, 0.25) is 6.10 Å². The zero-order chi connectivity index (χ0) is 20.8. The van der Waals surface area contributed by atoms with Gasteiger partial charge in [-0.05, 0) is 56.2 Å². The summed E-state index contributed by atoms with van der Waals surface area (Å²) < 4.78 is 10.9. The number of benzene rings is 2. The first-order valence-electron chi connectivity index (χ1n) is 9.30. The molecule has 0 saturated heterocycles. The van der Waals surface area contributed by atoms with E-state index in [0.29, 0.717) is 17.0 Å². The number of hydrogen-bond donors (Lipinski definition) is 1. The standard InChI is InChI=1S/C24H23NO4/c1-16-9-10-17(2)21(15-16)25-24(27)23(19-7-5-4-6-8-19)29-22(26)14-13-20-12-11-18(3)28-20/h4-15,23H,1-3H3,(H,25,27)/b14-13+. The van der Waals surface area contributed by atoms with Crippen molar-refractivity contribution in [3.8, 4) is 0 Å². The molecule has 1 N–H and O–H groups in total. The average molecular weight is 389 g/mol. The first kappa shape index (κ1) is 20.1. The van der Waals surface area contributed by atoms with Crippen molar-refractivity contribution in [1.82, 2.24) is 0 Å². The van der Waals surface area contributed by atoms with Crippen LogP contribution < -0.4 is 5.32 Å². The summed E-state index contributed by atoms with van der Waals surface area (Å²) in [5.74, 6) is 0.230. The van der Waals surface area contributed by atoms with Crippen LogP contribution in [0.5, 0.6) is 0 Å². The van der Waals surface area contributed by atoms with Crippen molar-refractivity contribution in [2.75, 3.05) is 5.32 Å². The first-order chi connectivity index (χ1) is 13.9. The second kappa shape index (κ2) is 9.06. The molecule has 29 heavy (non-hydrogen) atoms. The van der Waals surface area contributed by atoms with E-state index in [9.17, 15) is 9.59 Å². The third-order valence-electron chi connectivity index (χ3n) is 4.37. The third-order valence-corrected chi connectivity index (χ3v) is 4.37. The minimum Gasteiger partial charge on any atom is -0.462 e. The molecule has 1 aromatic heterocycles. The molecule has 0 saturated carbocycles. The lowest BCUT2D eigenvalue weighted by atomic mass is 10.1. The predicted octanol–water partition coefficient (Wildman–Crippen LogP) is 5.14. The van der Waals surface area contributed by atoms with E-state index < -0.39 is 18.0 Å². The molecular formula is C24H23NO4. The van der Waals surface area contributed by atoms with Gasteiger partial charge in [-0.3, -0.25) is 4.79 Å². The highest BCUT2D eigenvalue weighted by molar-refractivity contribution is 5.98.